The summed E-state index contributed by atoms with van der Waals surface area (Å²) < 4.78 is -0.431. The Hall–Kier alpha value is -0.580. The molecule has 0 aromatic heterocycles. The maximum Gasteiger partial charge on any atom is 0.239 e. The molecule has 0 N–H and O–H groups in total. The van der Waals surface area contributed by atoms with E-state index in [1.807, 2.05) is 20.1 Å². The lowest BCUT2D eigenvalue weighted by Gasteiger charge is -2.28. The summed E-state index contributed by atoms with van der Waals surface area (Å²) in [6, 6.07) is 0. The summed E-state index contributed by atoms with van der Waals surface area (Å²) >= 11 is 1.50. The normalized spacial score (nSPS) is 14.8. The predicted octanol–water partition coefficient (Wildman–Crippen LogP) is 1.70. The van der Waals surface area contributed by atoms with Gasteiger partial charge < -0.3 is 4.90 Å². The van der Waals surface area contributed by atoms with E-state index in [0.717, 1.165) is 6.42 Å². The van der Waals surface area contributed by atoms with Gasteiger partial charge in [-0.1, -0.05) is 6.92 Å². The van der Waals surface area contributed by atoms with Crippen LogP contribution in [0.15, 0.2) is 5.18 Å². The van der Waals surface area contributed by atoms with Gasteiger partial charge in [0.2, 0.25) is 5.91 Å². The number of carbonyl (C=O) groups is 1. The third-order valence-corrected chi connectivity index (χ3v) is 3.56. The van der Waals surface area contributed by atoms with Gasteiger partial charge in [-0.25, -0.2) is 0 Å². The number of hydrogen-bond donors (Lipinski definition) is 0. The number of carbonyl (C=O) groups excluding carboxylic acids is 1. The molecular weight excluding hydrogens is 188 g/mol. The first-order chi connectivity index (χ1) is 6.01. The first-order valence-corrected chi connectivity index (χ1v) is 5.34. The van der Waals surface area contributed by atoms with Crippen LogP contribution in [0.25, 0.3) is 0 Å². The van der Waals surface area contributed by atoms with Gasteiger partial charge in [0.25, 0.3) is 0 Å². The Kier molecular flexibility index (Phi) is 4.98. The molecule has 5 heteroatoms. The minimum atomic E-state index is -0.431. The Morgan fingerprint density at radius 2 is 2.15 bits per heavy atom. The van der Waals surface area contributed by atoms with Gasteiger partial charge in [0.1, 0.15) is 0 Å². The molecule has 0 aliphatic heterocycles. The highest BCUT2D eigenvalue weighted by Gasteiger charge is 2.32. The first-order valence-electron chi connectivity index (χ1n) is 4.11. The quantitative estimate of drug-likeness (QED) is 0.640. The van der Waals surface area contributed by atoms with Crippen LogP contribution in [0.4, 0.5) is 0 Å². The maximum absolute atomic E-state index is 11.7. The second kappa shape index (κ2) is 5.21. The van der Waals surface area contributed by atoms with Crippen LogP contribution in [0.2, 0.25) is 0 Å². The Bertz CT molecular complexity index is 193. The molecule has 1 unspecified atom stereocenters. The highest BCUT2D eigenvalue weighted by atomic mass is 32.2. The molecule has 0 spiro atoms. The number of thioether (sulfide) groups is 1. The lowest BCUT2D eigenvalue weighted by Crippen LogP contribution is -2.42. The van der Waals surface area contributed by atoms with Crippen LogP contribution >= 0.6 is 11.8 Å². The first kappa shape index (κ1) is 12.4. The average molecular weight is 204 g/mol. The molecule has 13 heavy (non-hydrogen) atoms. The molecule has 0 radical (unpaired) electrons. The van der Waals surface area contributed by atoms with Crippen LogP contribution in [-0.4, -0.2) is 35.5 Å². The molecule has 0 rings (SSSR count). The molecule has 0 bridgehead atoms. The Morgan fingerprint density at radius 3 is 2.46 bits per heavy atom. The van der Waals surface area contributed by atoms with Gasteiger partial charge in [0.15, 0.2) is 6.67 Å². The third-order valence-electron chi connectivity index (χ3n) is 2.19. The number of rotatable bonds is 5. The molecule has 0 saturated heterocycles. The SMILES string of the molecule is CCC(C)(SC)C(=O)N(C)CN=O. The smallest absolute Gasteiger partial charge is 0.239 e. The topological polar surface area (TPSA) is 49.7 Å². The van der Waals surface area contributed by atoms with Crippen LogP contribution < -0.4 is 0 Å². The van der Waals surface area contributed by atoms with Gasteiger partial charge in [0, 0.05) is 7.05 Å². The minimum absolute atomic E-state index is 0.0397. The summed E-state index contributed by atoms with van der Waals surface area (Å²) in [4.78, 5) is 23.1. The van der Waals surface area contributed by atoms with Gasteiger partial charge in [-0.2, -0.15) is 0 Å². The molecule has 0 aromatic rings. The fourth-order valence-electron chi connectivity index (χ4n) is 0.937. The zero-order chi connectivity index (χ0) is 10.5. The summed E-state index contributed by atoms with van der Waals surface area (Å²) in [5, 5.41) is 2.68. The zero-order valence-electron chi connectivity index (χ0n) is 8.53. The lowest BCUT2D eigenvalue weighted by molar-refractivity contribution is -0.132. The van der Waals surface area contributed by atoms with E-state index in [4.69, 9.17) is 0 Å². The molecule has 0 aromatic carbocycles. The highest BCUT2D eigenvalue weighted by molar-refractivity contribution is 8.00. The molecule has 0 fully saturated rings. The number of nitroso groups, excluding NO2 is 1. The van der Waals surface area contributed by atoms with Gasteiger partial charge in [-0.05, 0) is 24.8 Å². The van der Waals surface area contributed by atoms with Crippen LogP contribution in [-0.2, 0) is 4.79 Å². The van der Waals surface area contributed by atoms with Crippen molar-refractivity contribution in [1.82, 2.24) is 4.90 Å². The van der Waals surface area contributed by atoms with Gasteiger partial charge in [0.05, 0.1) is 4.75 Å². The van der Waals surface area contributed by atoms with Crippen molar-refractivity contribution in [3.05, 3.63) is 4.91 Å². The zero-order valence-corrected chi connectivity index (χ0v) is 9.35. The standard InChI is InChI=1S/C8H16N2O2S/c1-5-8(2,13-4)7(11)10(3)6-9-12/h5-6H2,1-4H3. The van der Waals surface area contributed by atoms with Gasteiger partial charge >= 0.3 is 0 Å². The van der Waals surface area contributed by atoms with Crippen molar-refractivity contribution in [2.75, 3.05) is 20.0 Å². The Balaban J connectivity index is 4.45. The van der Waals surface area contributed by atoms with Crippen LogP contribution in [0, 0.1) is 4.91 Å². The van der Waals surface area contributed by atoms with Crippen molar-refractivity contribution < 1.29 is 4.79 Å². The summed E-state index contributed by atoms with van der Waals surface area (Å²) in [6.45, 7) is 3.76. The monoisotopic (exact) mass is 204 g/mol. The molecule has 0 aliphatic rings. The number of nitrogens with zero attached hydrogens (tertiary/aromatic N) is 2. The van der Waals surface area contributed by atoms with Crippen molar-refractivity contribution in [2.24, 2.45) is 5.18 Å². The van der Waals surface area contributed by atoms with Gasteiger partial charge in [-0.15, -0.1) is 16.7 Å². The maximum atomic E-state index is 11.7. The summed E-state index contributed by atoms with van der Waals surface area (Å²) in [6.07, 6.45) is 2.64. The Morgan fingerprint density at radius 1 is 1.62 bits per heavy atom. The molecule has 1 amide bonds. The molecule has 0 aliphatic carbocycles. The molecule has 0 heterocycles. The molecule has 76 valence electrons. The summed E-state index contributed by atoms with van der Waals surface area (Å²) in [7, 11) is 1.59. The van der Waals surface area contributed by atoms with E-state index in [0.29, 0.717) is 0 Å². The van der Waals surface area contributed by atoms with Gasteiger partial charge in [-0.3, -0.25) is 4.79 Å². The largest absolute Gasteiger partial charge is 0.322 e. The molecule has 1 atom stereocenters. The van der Waals surface area contributed by atoms with E-state index in [1.54, 1.807) is 7.05 Å². The fourth-order valence-corrected chi connectivity index (χ4v) is 1.56. The van der Waals surface area contributed by atoms with E-state index in [-0.39, 0.29) is 12.6 Å². The van der Waals surface area contributed by atoms with Crippen molar-refractivity contribution in [2.45, 2.75) is 25.0 Å². The highest BCUT2D eigenvalue weighted by Crippen LogP contribution is 2.27. The summed E-state index contributed by atoms with van der Waals surface area (Å²) in [5.74, 6) is -0.0397. The third kappa shape index (κ3) is 2.99. The van der Waals surface area contributed by atoms with E-state index < -0.39 is 4.75 Å². The minimum Gasteiger partial charge on any atom is -0.322 e. The predicted molar refractivity (Wildman–Crippen MR) is 55.6 cm³/mol. The van der Waals surface area contributed by atoms with Crippen molar-refractivity contribution in [3.63, 3.8) is 0 Å². The number of amides is 1. The van der Waals surface area contributed by atoms with Crippen LogP contribution in [0.3, 0.4) is 0 Å². The van der Waals surface area contributed by atoms with Crippen LogP contribution in [0.5, 0.6) is 0 Å². The second-order valence-electron chi connectivity index (χ2n) is 3.06. The van der Waals surface area contributed by atoms with Crippen molar-refractivity contribution in [1.29, 1.82) is 0 Å². The van der Waals surface area contributed by atoms with Crippen molar-refractivity contribution in [3.8, 4) is 0 Å². The van der Waals surface area contributed by atoms with Crippen molar-refractivity contribution >= 4 is 17.7 Å². The number of hydrogen-bond acceptors (Lipinski definition) is 4. The summed E-state index contributed by atoms with van der Waals surface area (Å²) in [5.41, 5.74) is 0. The average Bonchev–Trinajstić information content (AvgIpc) is 2.16. The Labute approximate surface area is 83.0 Å². The lowest BCUT2D eigenvalue weighted by atomic mass is 10.1. The van der Waals surface area contributed by atoms with Crippen LogP contribution in [0.1, 0.15) is 20.3 Å². The van der Waals surface area contributed by atoms with E-state index in [9.17, 15) is 9.70 Å². The molecule has 0 saturated carbocycles. The second-order valence-corrected chi connectivity index (χ2v) is 4.37. The fraction of sp³-hybridized carbons (Fsp3) is 0.875. The van der Waals surface area contributed by atoms with E-state index in [1.165, 1.54) is 16.7 Å². The van der Waals surface area contributed by atoms with E-state index >= 15 is 0 Å². The molecular formula is C8H16N2O2S. The molecule has 4 nitrogen and oxygen atoms in total. The van der Waals surface area contributed by atoms with E-state index in [2.05, 4.69) is 5.18 Å².